The molecule has 0 aliphatic carbocycles. The fraction of sp³-hybridized carbons (Fsp3) is 0.105. The number of hydrogen-bond acceptors (Lipinski definition) is 5. The molecule has 0 fully saturated rings. The zero-order valence-electron chi connectivity index (χ0n) is 14.0. The lowest BCUT2D eigenvalue weighted by Gasteiger charge is -2.12. The Morgan fingerprint density at radius 3 is 2.54 bits per heavy atom. The van der Waals surface area contributed by atoms with Crippen molar-refractivity contribution in [3.63, 3.8) is 0 Å². The Morgan fingerprint density at radius 2 is 1.88 bits per heavy atom. The summed E-state index contributed by atoms with van der Waals surface area (Å²) in [4.78, 5) is 23.3. The summed E-state index contributed by atoms with van der Waals surface area (Å²) >= 11 is 0. The van der Waals surface area contributed by atoms with E-state index in [1.807, 2.05) is 18.2 Å². The predicted octanol–water partition coefficient (Wildman–Crippen LogP) is 4.42. The highest BCUT2D eigenvalue weighted by atomic mass is 16.6. The second-order valence-electron chi connectivity index (χ2n) is 5.69. The number of furan rings is 1. The first-order valence-corrected chi connectivity index (χ1v) is 7.99. The second kappa shape index (κ2) is 7.52. The molecule has 0 aliphatic heterocycles. The van der Waals surface area contributed by atoms with Crippen LogP contribution in [-0.4, -0.2) is 10.8 Å². The topological polar surface area (TPSA) is 97.4 Å². The van der Waals surface area contributed by atoms with Crippen molar-refractivity contribution in [1.29, 1.82) is 0 Å². The van der Waals surface area contributed by atoms with Crippen LogP contribution in [0.3, 0.4) is 0 Å². The summed E-state index contributed by atoms with van der Waals surface area (Å²) in [5, 5.41) is 17.2. The molecule has 0 bridgehead atoms. The fourth-order valence-electron chi connectivity index (χ4n) is 2.50. The van der Waals surface area contributed by atoms with Crippen LogP contribution in [-0.2, 0) is 0 Å². The van der Waals surface area contributed by atoms with Crippen molar-refractivity contribution in [1.82, 2.24) is 5.32 Å². The monoisotopic (exact) mass is 351 g/mol. The summed E-state index contributed by atoms with van der Waals surface area (Å²) in [6.45, 7) is 1.77. The first kappa shape index (κ1) is 17.2. The molecule has 1 aromatic heterocycles. The maximum atomic E-state index is 12.4. The van der Waals surface area contributed by atoms with E-state index in [1.54, 1.807) is 37.3 Å². The Balaban J connectivity index is 1.81. The van der Waals surface area contributed by atoms with E-state index >= 15 is 0 Å². The SMILES string of the molecule is C[C@@H](NC(=O)c1ccc(Nc2ccccc2)c([N+](=O)[O-])c1)c1ccco1. The third kappa shape index (κ3) is 3.89. The van der Waals surface area contributed by atoms with Gasteiger partial charge in [0, 0.05) is 17.3 Å². The lowest BCUT2D eigenvalue weighted by atomic mass is 10.1. The molecule has 3 aromatic rings. The molecule has 1 atom stereocenters. The standard InChI is InChI=1S/C19H17N3O4/c1-13(18-8-5-11-26-18)20-19(23)14-9-10-16(17(12-14)22(24)25)21-15-6-3-2-4-7-15/h2-13,21H,1H3,(H,20,23)/t13-/m1/s1. The molecule has 2 aromatic carbocycles. The first-order chi connectivity index (χ1) is 12.5. The van der Waals surface area contributed by atoms with Crippen molar-refractivity contribution in [2.45, 2.75) is 13.0 Å². The van der Waals surface area contributed by atoms with E-state index in [1.165, 1.54) is 18.4 Å². The lowest BCUT2D eigenvalue weighted by Crippen LogP contribution is -2.26. The summed E-state index contributed by atoms with van der Waals surface area (Å²) in [7, 11) is 0. The summed E-state index contributed by atoms with van der Waals surface area (Å²) in [5.74, 6) is 0.193. The van der Waals surface area contributed by atoms with Crippen LogP contribution in [0.4, 0.5) is 17.1 Å². The van der Waals surface area contributed by atoms with Gasteiger partial charge in [0.05, 0.1) is 17.2 Å². The molecule has 1 heterocycles. The minimum atomic E-state index is -0.516. The van der Waals surface area contributed by atoms with Crippen molar-refractivity contribution in [3.05, 3.63) is 88.4 Å². The Kier molecular flexibility index (Phi) is 4.98. The largest absolute Gasteiger partial charge is 0.467 e. The number of benzene rings is 2. The number of amides is 1. The van der Waals surface area contributed by atoms with E-state index < -0.39 is 10.8 Å². The van der Waals surface area contributed by atoms with Crippen LogP contribution >= 0.6 is 0 Å². The van der Waals surface area contributed by atoms with Crippen molar-refractivity contribution < 1.29 is 14.1 Å². The summed E-state index contributed by atoms with van der Waals surface area (Å²) in [6, 6.07) is 16.6. The summed E-state index contributed by atoms with van der Waals surface area (Å²) in [5.41, 5.74) is 1.07. The fourth-order valence-corrected chi connectivity index (χ4v) is 2.50. The molecular formula is C19H17N3O4. The second-order valence-corrected chi connectivity index (χ2v) is 5.69. The van der Waals surface area contributed by atoms with Crippen LogP contribution in [0.1, 0.15) is 29.1 Å². The van der Waals surface area contributed by atoms with E-state index in [-0.39, 0.29) is 17.3 Å². The van der Waals surface area contributed by atoms with Crippen LogP contribution in [0.15, 0.2) is 71.3 Å². The summed E-state index contributed by atoms with van der Waals surface area (Å²) < 4.78 is 5.25. The number of para-hydroxylation sites is 1. The van der Waals surface area contributed by atoms with Gasteiger partial charge in [-0.05, 0) is 43.3 Å². The first-order valence-electron chi connectivity index (χ1n) is 7.99. The van der Waals surface area contributed by atoms with Crippen molar-refractivity contribution in [2.75, 3.05) is 5.32 Å². The lowest BCUT2D eigenvalue weighted by molar-refractivity contribution is -0.383. The van der Waals surface area contributed by atoms with E-state index in [0.29, 0.717) is 11.4 Å². The molecule has 0 saturated heterocycles. The van der Waals surface area contributed by atoms with Gasteiger partial charge >= 0.3 is 0 Å². The molecule has 3 rings (SSSR count). The molecule has 7 heteroatoms. The summed E-state index contributed by atoms with van der Waals surface area (Å²) in [6.07, 6.45) is 1.52. The molecule has 26 heavy (non-hydrogen) atoms. The molecule has 0 aliphatic rings. The van der Waals surface area contributed by atoms with Gasteiger partial charge in [-0.2, -0.15) is 0 Å². The van der Waals surface area contributed by atoms with Gasteiger partial charge in [0.15, 0.2) is 0 Å². The van der Waals surface area contributed by atoms with Gasteiger partial charge in [0.2, 0.25) is 0 Å². The molecule has 0 spiro atoms. The van der Waals surface area contributed by atoms with Gasteiger partial charge in [-0.3, -0.25) is 14.9 Å². The van der Waals surface area contributed by atoms with Gasteiger partial charge in [-0.1, -0.05) is 18.2 Å². The maximum Gasteiger partial charge on any atom is 0.293 e. The van der Waals surface area contributed by atoms with Crippen LogP contribution in [0.25, 0.3) is 0 Å². The number of nitro benzene ring substituents is 1. The number of nitro groups is 1. The van der Waals surface area contributed by atoms with Gasteiger partial charge < -0.3 is 15.1 Å². The van der Waals surface area contributed by atoms with Gasteiger partial charge in [0.1, 0.15) is 11.4 Å². The Bertz CT molecular complexity index is 908. The maximum absolute atomic E-state index is 12.4. The van der Waals surface area contributed by atoms with Crippen LogP contribution in [0.2, 0.25) is 0 Å². The normalized spacial score (nSPS) is 11.6. The molecule has 2 N–H and O–H groups in total. The highest BCUT2D eigenvalue weighted by molar-refractivity contribution is 5.96. The third-order valence-electron chi connectivity index (χ3n) is 3.83. The highest BCUT2D eigenvalue weighted by Gasteiger charge is 2.19. The minimum absolute atomic E-state index is 0.174. The number of nitrogens with zero attached hydrogens (tertiary/aromatic N) is 1. The van der Waals surface area contributed by atoms with Gasteiger partial charge in [-0.25, -0.2) is 0 Å². The molecule has 132 valence electrons. The van der Waals surface area contributed by atoms with E-state index in [9.17, 15) is 14.9 Å². The van der Waals surface area contributed by atoms with Crippen molar-refractivity contribution in [3.8, 4) is 0 Å². The number of carbonyl (C=O) groups is 1. The van der Waals surface area contributed by atoms with Gasteiger partial charge in [0.25, 0.3) is 11.6 Å². The Hall–Kier alpha value is -3.61. The molecule has 7 nitrogen and oxygen atoms in total. The van der Waals surface area contributed by atoms with Gasteiger partial charge in [-0.15, -0.1) is 0 Å². The highest BCUT2D eigenvalue weighted by Crippen LogP contribution is 2.29. The molecular weight excluding hydrogens is 334 g/mol. The zero-order valence-corrected chi connectivity index (χ0v) is 14.0. The average Bonchev–Trinajstić information content (AvgIpc) is 3.17. The van der Waals surface area contributed by atoms with Crippen molar-refractivity contribution >= 4 is 23.0 Å². The van der Waals surface area contributed by atoms with Crippen molar-refractivity contribution in [2.24, 2.45) is 0 Å². The smallest absolute Gasteiger partial charge is 0.293 e. The van der Waals surface area contributed by atoms with E-state index in [2.05, 4.69) is 10.6 Å². The quantitative estimate of drug-likeness (QED) is 0.506. The van der Waals surface area contributed by atoms with E-state index in [0.717, 1.165) is 5.69 Å². The Morgan fingerprint density at radius 1 is 1.12 bits per heavy atom. The molecule has 0 unspecified atom stereocenters. The molecule has 1 amide bonds. The number of anilines is 2. The van der Waals surface area contributed by atoms with Crippen LogP contribution in [0.5, 0.6) is 0 Å². The number of hydrogen-bond donors (Lipinski definition) is 2. The van der Waals surface area contributed by atoms with Crippen LogP contribution < -0.4 is 10.6 Å². The van der Waals surface area contributed by atoms with E-state index in [4.69, 9.17) is 4.42 Å². The predicted molar refractivity (Wildman–Crippen MR) is 97.4 cm³/mol. The third-order valence-corrected chi connectivity index (χ3v) is 3.83. The Labute approximate surface area is 149 Å². The average molecular weight is 351 g/mol. The molecule has 0 saturated carbocycles. The number of nitrogens with one attached hydrogen (secondary N) is 2. The zero-order chi connectivity index (χ0) is 18.5. The number of carbonyl (C=O) groups excluding carboxylic acids is 1. The number of rotatable bonds is 6. The van der Waals surface area contributed by atoms with Crippen LogP contribution in [0, 0.1) is 10.1 Å². The minimum Gasteiger partial charge on any atom is -0.467 e. The molecule has 0 radical (unpaired) electrons.